The normalized spacial score (nSPS) is 19.1. The van der Waals surface area contributed by atoms with Crippen molar-refractivity contribution < 1.29 is 22.3 Å². The van der Waals surface area contributed by atoms with Gasteiger partial charge in [0.1, 0.15) is 19.0 Å². The van der Waals surface area contributed by atoms with Crippen LogP contribution in [-0.2, 0) is 10.0 Å². The summed E-state index contributed by atoms with van der Waals surface area (Å²) in [6, 6.07) is 8.33. The fourth-order valence-corrected chi connectivity index (χ4v) is 4.81. The number of rotatable bonds is 6. The van der Waals surface area contributed by atoms with Crippen molar-refractivity contribution in [2.24, 2.45) is 0 Å². The molecule has 7 nitrogen and oxygen atoms in total. The SMILES string of the molecule is O=S(=O)(NC[C@@H](c1ccco1)N1CCCCCC1)c1ccc2c(c1)OCCO2. The number of nitrogens with one attached hydrogen (secondary N) is 1. The Hall–Kier alpha value is -2.03. The first-order valence-electron chi connectivity index (χ1n) is 9.80. The Balaban J connectivity index is 1.51. The summed E-state index contributed by atoms with van der Waals surface area (Å²) in [6.07, 6.45) is 6.29. The van der Waals surface area contributed by atoms with E-state index in [2.05, 4.69) is 9.62 Å². The van der Waals surface area contributed by atoms with Crippen molar-refractivity contribution in [2.45, 2.75) is 36.6 Å². The first kappa shape index (κ1) is 19.3. The van der Waals surface area contributed by atoms with Gasteiger partial charge in [-0.25, -0.2) is 13.1 Å². The van der Waals surface area contributed by atoms with Crippen LogP contribution in [0, 0.1) is 0 Å². The predicted octanol–water partition coefficient (Wildman–Crippen LogP) is 2.95. The molecule has 1 fully saturated rings. The van der Waals surface area contributed by atoms with Crippen molar-refractivity contribution in [3.05, 3.63) is 42.4 Å². The summed E-state index contributed by atoms with van der Waals surface area (Å²) in [5.41, 5.74) is 0. The molecule has 3 heterocycles. The van der Waals surface area contributed by atoms with Gasteiger partial charge in [-0.05, 0) is 50.2 Å². The number of likely N-dealkylation sites (tertiary alicyclic amines) is 1. The second kappa shape index (κ2) is 8.55. The van der Waals surface area contributed by atoms with Crippen LogP contribution in [0.4, 0.5) is 0 Å². The molecule has 0 spiro atoms. The van der Waals surface area contributed by atoms with Gasteiger partial charge in [-0.1, -0.05) is 12.8 Å². The number of ether oxygens (including phenoxy) is 2. The first-order valence-corrected chi connectivity index (χ1v) is 11.3. The fraction of sp³-hybridized carbons (Fsp3) is 0.500. The molecular weight excluding hydrogens is 380 g/mol. The lowest BCUT2D eigenvalue weighted by atomic mass is 10.2. The molecule has 152 valence electrons. The van der Waals surface area contributed by atoms with Crippen LogP contribution in [0.15, 0.2) is 45.9 Å². The third-order valence-corrected chi connectivity index (χ3v) is 6.66. The van der Waals surface area contributed by atoms with E-state index in [1.165, 1.54) is 18.9 Å². The highest BCUT2D eigenvalue weighted by Gasteiger charge is 2.27. The molecule has 1 N–H and O–H groups in total. The predicted molar refractivity (Wildman–Crippen MR) is 104 cm³/mol. The second-order valence-corrected chi connectivity index (χ2v) is 8.91. The molecule has 0 bridgehead atoms. The Bertz CT molecular complexity index is 874. The topological polar surface area (TPSA) is 81.0 Å². The second-order valence-electron chi connectivity index (χ2n) is 7.14. The van der Waals surface area contributed by atoms with E-state index >= 15 is 0 Å². The van der Waals surface area contributed by atoms with Gasteiger partial charge >= 0.3 is 0 Å². The molecular formula is C20H26N2O5S. The summed E-state index contributed by atoms with van der Waals surface area (Å²) < 4.78 is 45.1. The molecule has 8 heteroatoms. The largest absolute Gasteiger partial charge is 0.486 e. The van der Waals surface area contributed by atoms with E-state index < -0.39 is 10.0 Å². The van der Waals surface area contributed by atoms with Crippen molar-refractivity contribution in [1.82, 2.24) is 9.62 Å². The Morgan fingerprint density at radius 1 is 1.00 bits per heavy atom. The molecule has 0 aliphatic carbocycles. The molecule has 1 saturated heterocycles. The van der Waals surface area contributed by atoms with Crippen molar-refractivity contribution in [2.75, 3.05) is 32.8 Å². The van der Waals surface area contributed by atoms with Crippen LogP contribution in [0.2, 0.25) is 0 Å². The van der Waals surface area contributed by atoms with Crippen LogP contribution in [0.5, 0.6) is 11.5 Å². The van der Waals surface area contributed by atoms with Crippen molar-refractivity contribution in [3.8, 4) is 11.5 Å². The lowest BCUT2D eigenvalue weighted by molar-refractivity contribution is 0.171. The lowest BCUT2D eigenvalue weighted by Crippen LogP contribution is -2.38. The number of fused-ring (bicyclic) bond motifs is 1. The van der Waals surface area contributed by atoms with Gasteiger partial charge in [0.05, 0.1) is 17.2 Å². The monoisotopic (exact) mass is 406 g/mol. The molecule has 1 atom stereocenters. The minimum absolute atomic E-state index is 0.125. The van der Waals surface area contributed by atoms with Crippen LogP contribution in [0.1, 0.15) is 37.5 Å². The highest BCUT2D eigenvalue weighted by molar-refractivity contribution is 7.89. The Morgan fingerprint density at radius 3 is 2.46 bits per heavy atom. The minimum atomic E-state index is -3.68. The van der Waals surface area contributed by atoms with Gasteiger partial charge in [0.15, 0.2) is 11.5 Å². The van der Waals surface area contributed by atoms with Crippen LogP contribution < -0.4 is 14.2 Å². The lowest BCUT2D eigenvalue weighted by Gasteiger charge is -2.29. The number of sulfonamides is 1. The standard InChI is InChI=1S/C20H26N2O5S/c23-28(24,16-7-8-19-20(14-16)27-13-12-26-19)21-15-17(18-6-5-11-25-18)22-9-3-1-2-4-10-22/h5-8,11,14,17,21H,1-4,9-10,12-13,15H2/t17-/m0/s1. The summed E-state index contributed by atoms with van der Waals surface area (Å²) in [4.78, 5) is 2.49. The molecule has 2 aromatic rings. The fourth-order valence-electron chi connectivity index (χ4n) is 3.76. The van der Waals surface area contributed by atoms with Gasteiger partial charge in [-0.15, -0.1) is 0 Å². The summed E-state index contributed by atoms with van der Waals surface area (Å²) in [7, 11) is -3.68. The van der Waals surface area contributed by atoms with Crippen LogP contribution in [0.3, 0.4) is 0 Å². The molecule has 0 amide bonds. The number of furan rings is 1. The van der Waals surface area contributed by atoms with Crippen molar-refractivity contribution >= 4 is 10.0 Å². The molecule has 0 radical (unpaired) electrons. The summed E-state index contributed by atoms with van der Waals surface area (Å²) >= 11 is 0. The third kappa shape index (κ3) is 4.34. The van der Waals surface area contributed by atoms with Gasteiger partial charge in [0.25, 0.3) is 0 Å². The van der Waals surface area contributed by atoms with Gasteiger partial charge in [0, 0.05) is 12.6 Å². The number of nitrogens with zero attached hydrogens (tertiary/aromatic N) is 1. The van der Waals surface area contributed by atoms with Gasteiger partial charge in [-0.3, -0.25) is 4.90 Å². The zero-order valence-corrected chi connectivity index (χ0v) is 16.6. The Kier molecular flexibility index (Phi) is 5.89. The van der Waals surface area contributed by atoms with E-state index in [9.17, 15) is 8.42 Å². The van der Waals surface area contributed by atoms with E-state index in [1.54, 1.807) is 18.4 Å². The number of benzene rings is 1. The van der Waals surface area contributed by atoms with Gasteiger partial charge in [0.2, 0.25) is 10.0 Å². The molecule has 0 unspecified atom stereocenters. The summed E-state index contributed by atoms with van der Waals surface area (Å²) in [6.45, 7) is 3.02. The molecule has 0 saturated carbocycles. The van der Waals surface area contributed by atoms with E-state index in [-0.39, 0.29) is 17.5 Å². The quantitative estimate of drug-likeness (QED) is 0.794. The molecule has 28 heavy (non-hydrogen) atoms. The average Bonchev–Trinajstić information content (AvgIpc) is 3.10. The van der Waals surface area contributed by atoms with Gasteiger partial charge in [-0.2, -0.15) is 0 Å². The first-order chi connectivity index (χ1) is 13.6. The highest BCUT2D eigenvalue weighted by Crippen LogP contribution is 2.32. The zero-order chi connectivity index (χ0) is 19.4. The van der Waals surface area contributed by atoms with Crippen LogP contribution in [0.25, 0.3) is 0 Å². The zero-order valence-electron chi connectivity index (χ0n) is 15.8. The maximum atomic E-state index is 12.9. The highest BCUT2D eigenvalue weighted by atomic mass is 32.2. The van der Waals surface area contributed by atoms with Crippen molar-refractivity contribution in [3.63, 3.8) is 0 Å². The smallest absolute Gasteiger partial charge is 0.240 e. The third-order valence-electron chi connectivity index (χ3n) is 5.24. The maximum Gasteiger partial charge on any atom is 0.240 e. The number of hydrogen-bond donors (Lipinski definition) is 1. The molecule has 1 aromatic carbocycles. The van der Waals surface area contributed by atoms with Crippen LogP contribution >= 0.6 is 0 Å². The van der Waals surface area contributed by atoms with Crippen molar-refractivity contribution in [1.29, 1.82) is 0 Å². The number of hydrogen-bond acceptors (Lipinski definition) is 6. The molecule has 2 aliphatic heterocycles. The minimum Gasteiger partial charge on any atom is -0.486 e. The Morgan fingerprint density at radius 2 is 1.75 bits per heavy atom. The van der Waals surface area contributed by atoms with E-state index in [4.69, 9.17) is 13.9 Å². The van der Waals surface area contributed by atoms with Crippen LogP contribution in [-0.4, -0.2) is 46.2 Å². The summed E-state index contributed by atoms with van der Waals surface area (Å²) in [5.74, 6) is 1.82. The van der Waals surface area contributed by atoms with E-state index in [0.29, 0.717) is 24.7 Å². The summed E-state index contributed by atoms with van der Waals surface area (Å²) in [5, 5.41) is 0. The Labute approximate surface area is 165 Å². The maximum absolute atomic E-state index is 12.9. The average molecular weight is 407 g/mol. The van der Waals surface area contributed by atoms with E-state index in [1.807, 2.05) is 12.1 Å². The molecule has 4 rings (SSSR count). The molecule has 2 aliphatic rings. The van der Waals surface area contributed by atoms with Gasteiger partial charge < -0.3 is 13.9 Å². The molecule has 1 aromatic heterocycles. The van der Waals surface area contributed by atoms with E-state index in [0.717, 1.165) is 31.7 Å².